The molecule has 1 aliphatic rings. The van der Waals surface area contributed by atoms with E-state index in [1.807, 2.05) is 19.2 Å². The molecular formula is C16H20BrN3. The Bertz CT molecular complexity index is 612. The second-order valence-corrected chi connectivity index (χ2v) is 6.52. The Labute approximate surface area is 128 Å². The number of hydrogen-bond acceptors (Lipinski definition) is 2. The Morgan fingerprint density at radius 3 is 2.70 bits per heavy atom. The molecule has 4 heteroatoms. The summed E-state index contributed by atoms with van der Waals surface area (Å²) in [6, 6.07) is 8.24. The average Bonchev–Trinajstić information content (AvgIpc) is 3.02. The maximum absolute atomic E-state index is 6.26. The third-order valence-corrected chi connectivity index (χ3v) is 4.96. The first-order valence-corrected chi connectivity index (χ1v) is 8.02. The zero-order valence-corrected chi connectivity index (χ0v) is 13.4. The Morgan fingerprint density at radius 1 is 1.30 bits per heavy atom. The number of anilines is 1. The highest BCUT2D eigenvalue weighted by Gasteiger charge is 2.22. The lowest BCUT2D eigenvalue weighted by molar-refractivity contribution is 0.534. The summed E-state index contributed by atoms with van der Waals surface area (Å²) in [5.74, 6) is 1.52. The predicted molar refractivity (Wildman–Crippen MR) is 86.4 cm³/mol. The topological polar surface area (TPSA) is 43.8 Å². The molecule has 1 aliphatic carbocycles. The molecular weight excluding hydrogens is 314 g/mol. The lowest BCUT2D eigenvalue weighted by Gasteiger charge is -2.10. The molecule has 0 bridgehead atoms. The van der Waals surface area contributed by atoms with Crippen molar-refractivity contribution in [2.75, 3.05) is 5.73 Å². The van der Waals surface area contributed by atoms with Crippen molar-refractivity contribution >= 4 is 21.7 Å². The van der Waals surface area contributed by atoms with Gasteiger partial charge in [-0.3, -0.25) is 4.68 Å². The molecule has 1 aromatic heterocycles. The second-order valence-electron chi connectivity index (χ2n) is 5.66. The van der Waals surface area contributed by atoms with Crippen molar-refractivity contribution in [3.05, 3.63) is 34.4 Å². The molecule has 1 heterocycles. The van der Waals surface area contributed by atoms with E-state index in [0.717, 1.165) is 39.5 Å². The molecule has 1 fully saturated rings. The number of halogens is 1. The van der Waals surface area contributed by atoms with E-state index in [9.17, 15) is 0 Å². The normalized spacial score (nSPS) is 15.9. The van der Waals surface area contributed by atoms with Crippen molar-refractivity contribution in [3.8, 4) is 11.1 Å². The fourth-order valence-corrected chi connectivity index (χ4v) is 3.67. The SMILES string of the molecule is Cn1nc(CC2CCCC2)c(-c2ccccc2Br)c1N. The van der Waals surface area contributed by atoms with Crippen LogP contribution in [0.5, 0.6) is 0 Å². The third-order valence-electron chi connectivity index (χ3n) is 4.26. The minimum Gasteiger partial charge on any atom is -0.383 e. The van der Waals surface area contributed by atoms with Crippen molar-refractivity contribution in [1.82, 2.24) is 9.78 Å². The molecule has 1 aromatic carbocycles. The number of nitrogens with zero attached hydrogens (tertiary/aromatic N) is 2. The van der Waals surface area contributed by atoms with Gasteiger partial charge in [-0.05, 0) is 18.4 Å². The van der Waals surface area contributed by atoms with E-state index in [4.69, 9.17) is 5.73 Å². The van der Waals surface area contributed by atoms with E-state index >= 15 is 0 Å². The van der Waals surface area contributed by atoms with Crippen LogP contribution in [0.2, 0.25) is 0 Å². The molecule has 1 saturated carbocycles. The van der Waals surface area contributed by atoms with Crippen LogP contribution in [-0.2, 0) is 13.5 Å². The molecule has 3 rings (SSSR count). The first-order chi connectivity index (χ1) is 9.66. The first kappa shape index (κ1) is 13.7. The highest BCUT2D eigenvalue weighted by molar-refractivity contribution is 9.10. The van der Waals surface area contributed by atoms with Crippen LogP contribution in [0.3, 0.4) is 0 Å². The molecule has 0 amide bonds. The summed E-state index contributed by atoms with van der Waals surface area (Å²) < 4.78 is 2.88. The molecule has 0 spiro atoms. The summed E-state index contributed by atoms with van der Waals surface area (Å²) >= 11 is 3.63. The van der Waals surface area contributed by atoms with Gasteiger partial charge in [0.2, 0.25) is 0 Å². The molecule has 3 nitrogen and oxygen atoms in total. The van der Waals surface area contributed by atoms with E-state index in [1.54, 1.807) is 4.68 Å². The van der Waals surface area contributed by atoms with Crippen LogP contribution in [0.25, 0.3) is 11.1 Å². The smallest absolute Gasteiger partial charge is 0.129 e. The number of aromatic nitrogens is 2. The molecule has 106 valence electrons. The minimum atomic E-state index is 0.755. The molecule has 0 radical (unpaired) electrons. The summed E-state index contributed by atoms with van der Waals surface area (Å²) in [4.78, 5) is 0. The van der Waals surface area contributed by atoms with Crippen molar-refractivity contribution in [2.45, 2.75) is 32.1 Å². The third kappa shape index (κ3) is 2.49. The van der Waals surface area contributed by atoms with Crippen LogP contribution in [0.1, 0.15) is 31.4 Å². The summed E-state index contributed by atoms with van der Waals surface area (Å²) in [6.07, 6.45) is 6.41. The predicted octanol–water partition coefficient (Wildman–Crippen LogP) is 4.16. The van der Waals surface area contributed by atoms with E-state index in [2.05, 4.69) is 33.2 Å². The zero-order valence-electron chi connectivity index (χ0n) is 11.8. The largest absolute Gasteiger partial charge is 0.383 e. The summed E-state index contributed by atoms with van der Waals surface area (Å²) in [5, 5.41) is 4.66. The summed E-state index contributed by atoms with van der Waals surface area (Å²) in [7, 11) is 1.92. The van der Waals surface area contributed by atoms with Crippen LogP contribution in [-0.4, -0.2) is 9.78 Å². The van der Waals surface area contributed by atoms with Gasteiger partial charge in [-0.25, -0.2) is 0 Å². The van der Waals surface area contributed by atoms with Crippen molar-refractivity contribution in [2.24, 2.45) is 13.0 Å². The second kappa shape index (κ2) is 5.60. The van der Waals surface area contributed by atoms with Crippen molar-refractivity contribution < 1.29 is 0 Å². The minimum absolute atomic E-state index is 0.755. The number of nitrogen functional groups attached to an aromatic ring is 1. The molecule has 0 saturated heterocycles. The number of hydrogen-bond donors (Lipinski definition) is 1. The van der Waals surface area contributed by atoms with Gasteiger partial charge in [0.15, 0.2) is 0 Å². The van der Waals surface area contributed by atoms with E-state index in [0.29, 0.717) is 0 Å². The summed E-state index contributed by atoms with van der Waals surface area (Å²) in [5.41, 5.74) is 9.65. The molecule has 0 atom stereocenters. The Kier molecular flexibility index (Phi) is 3.83. The quantitative estimate of drug-likeness (QED) is 0.916. The zero-order chi connectivity index (χ0) is 14.1. The van der Waals surface area contributed by atoms with Gasteiger partial charge < -0.3 is 5.73 Å². The lowest BCUT2D eigenvalue weighted by atomic mass is 9.96. The Hall–Kier alpha value is -1.29. The number of benzene rings is 1. The number of rotatable bonds is 3. The Balaban J connectivity index is 2.02. The molecule has 2 aromatic rings. The van der Waals surface area contributed by atoms with Crippen LogP contribution in [0.15, 0.2) is 28.7 Å². The molecule has 2 N–H and O–H groups in total. The van der Waals surface area contributed by atoms with Gasteiger partial charge in [0, 0.05) is 22.6 Å². The fraction of sp³-hybridized carbons (Fsp3) is 0.438. The highest BCUT2D eigenvalue weighted by Crippen LogP contribution is 2.37. The van der Waals surface area contributed by atoms with E-state index < -0.39 is 0 Å². The maximum Gasteiger partial charge on any atom is 0.129 e. The fourth-order valence-electron chi connectivity index (χ4n) is 3.18. The van der Waals surface area contributed by atoms with Crippen LogP contribution < -0.4 is 5.73 Å². The van der Waals surface area contributed by atoms with Gasteiger partial charge in [-0.15, -0.1) is 0 Å². The van der Waals surface area contributed by atoms with Gasteiger partial charge in [0.1, 0.15) is 5.82 Å². The summed E-state index contributed by atoms with van der Waals surface area (Å²) in [6.45, 7) is 0. The van der Waals surface area contributed by atoms with Gasteiger partial charge >= 0.3 is 0 Å². The molecule has 0 unspecified atom stereocenters. The van der Waals surface area contributed by atoms with E-state index in [-0.39, 0.29) is 0 Å². The van der Waals surface area contributed by atoms with Crippen molar-refractivity contribution in [3.63, 3.8) is 0 Å². The van der Waals surface area contributed by atoms with E-state index in [1.165, 1.54) is 25.7 Å². The maximum atomic E-state index is 6.26. The lowest BCUT2D eigenvalue weighted by Crippen LogP contribution is -2.01. The molecule has 20 heavy (non-hydrogen) atoms. The number of nitrogens with two attached hydrogens (primary N) is 1. The van der Waals surface area contributed by atoms with Crippen molar-refractivity contribution in [1.29, 1.82) is 0 Å². The van der Waals surface area contributed by atoms with Gasteiger partial charge in [-0.1, -0.05) is 59.8 Å². The first-order valence-electron chi connectivity index (χ1n) is 7.23. The number of aryl methyl sites for hydroxylation is 1. The standard InChI is InChI=1S/C16H20BrN3/c1-20-16(18)15(12-8-4-5-9-13(12)17)14(19-20)10-11-6-2-3-7-11/h4-5,8-9,11H,2-3,6-7,10,18H2,1H3. The van der Waals surface area contributed by atoms with Gasteiger partial charge in [-0.2, -0.15) is 5.10 Å². The van der Waals surface area contributed by atoms with Gasteiger partial charge in [0.05, 0.1) is 5.69 Å². The van der Waals surface area contributed by atoms with Crippen LogP contribution in [0.4, 0.5) is 5.82 Å². The molecule has 0 aliphatic heterocycles. The highest BCUT2D eigenvalue weighted by atomic mass is 79.9. The Morgan fingerprint density at radius 2 is 2.00 bits per heavy atom. The van der Waals surface area contributed by atoms with Gasteiger partial charge in [0.25, 0.3) is 0 Å². The van der Waals surface area contributed by atoms with Crippen LogP contribution in [0, 0.1) is 5.92 Å². The monoisotopic (exact) mass is 333 g/mol. The average molecular weight is 334 g/mol. The van der Waals surface area contributed by atoms with Crippen LogP contribution >= 0.6 is 15.9 Å².